The standard InChI is InChI=1S/C8H17N3O/c1-7(9)8(12)11-5-2-3-10-4-6-11/h7,10H,2-6,9H2,1H3/t7-/m1/s1. The highest BCUT2D eigenvalue weighted by molar-refractivity contribution is 5.81. The SMILES string of the molecule is C[C@@H](N)C(=O)N1CCCNCC1. The average molecular weight is 171 g/mol. The third-order valence-corrected chi connectivity index (χ3v) is 2.04. The molecule has 4 heteroatoms. The number of nitrogens with zero attached hydrogens (tertiary/aromatic N) is 1. The Morgan fingerprint density at radius 1 is 1.50 bits per heavy atom. The minimum Gasteiger partial charge on any atom is -0.340 e. The molecule has 0 bridgehead atoms. The van der Waals surface area contributed by atoms with E-state index in [1.807, 2.05) is 4.90 Å². The van der Waals surface area contributed by atoms with E-state index in [0.717, 1.165) is 32.6 Å². The average Bonchev–Trinajstić information content (AvgIpc) is 2.30. The Hall–Kier alpha value is -0.610. The van der Waals surface area contributed by atoms with Gasteiger partial charge in [0, 0.05) is 19.6 Å². The molecule has 0 unspecified atom stereocenters. The fourth-order valence-corrected chi connectivity index (χ4v) is 1.35. The highest BCUT2D eigenvalue weighted by Crippen LogP contribution is 1.97. The summed E-state index contributed by atoms with van der Waals surface area (Å²) in [6.07, 6.45) is 1.03. The molecule has 0 aromatic heterocycles. The maximum Gasteiger partial charge on any atom is 0.239 e. The summed E-state index contributed by atoms with van der Waals surface area (Å²) >= 11 is 0. The van der Waals surface area contributed by atoms with E-state index >= 15 is 0 Å². The second-order valence-corrected chi connectivity index (χ2v) is 3.22. The molecule has 1 rings (SSSR count). The number of amides is 1. The van der Waals surface area contributed by atoms with Crippen LogP contribution < -0.4 is 11.1 Å². The monoisotopic (exact) mass is 171 g/mol. The van der Waals surface area contributed by atoms with Gasteiger partial charge < -0.3 is 16.0 Å². The van der Waals surface area contributed by atoms with Crippen LogP contribution in [-0.4, -0.2) is 43.0 Å². The number of nitrogens with two attached hydrogens (primary N) is 1. The van der Waals surface area contributed by atoms with Crippen LogP contribution in [0.2, 0.25) is 0 Å². The summed E-state index contributed by atoms with van der Waals surface area (Å²) in [6.45, 7) is 5.26. The molecular weight excluding hydrogens is 154 g/mol. The van der Waals surface area contributed by atoms with E-state index < -0.39 is 0 Å². The predicted octanol–water partition coefficient (Wildman–Crippen LogP) is -0.844. The van der Waals surface area contributed by atoms with Crippen molar-refractivity contribution in [1.29, 1.82) is 0 Å². The van der Waals surface area contributed by atoms with Gasteiger partial charge in [-0.15, -0.1) is 0 Å². The normalized spacial score (nSPS) is 21.7. The van der Waals surface area contributed by atoms with Crippen molar-refractivity contribution >= 4 is 5.91 Å². The van der Waals surface area contributed by atoms with Crippen LogP contribution in [0.3, 0.4) is 0 Å². The van der Waals surface area contributed by atoms with Gasteiger partial charge in [-0.3, -0.25) is 4.79 Å². The molecule has 0 aromatic carbocycles. The van der Waals surface area contributed by atoms with Gasteiger partial charge in [0.15, 0.2) is 0 Å². The van der Waals surface area contributed by atoms with Crippen LogP contribution in [0.1, 0.15) is 13.3 Å². The van der Waals surface area contributed by atoms with Crippen LogP contribution in [0.5, 0.6) is 0 Å². The van der Waals surface area contributed by atoms with Gasteiger partial charge in [0.2, 0.25) is 5.91 Å². The summed E-state index contributed by atoms with van der Waals surface area (Å²) in [7, 11) is 0. The van der Waals surface area contributed by atoms with Crippen molar-refractivity contribution in [2.75, 3.05) is 26.2 Å². The number of carbonyl (C=O) groups is 1. The van der Waals surface area contributed by atoms with Crippen molar-refractivity contribution in [3.05, 3.63) is 0 Å². The van der Waals surface area contributed by atoms with E-state index in [9.17, 15) is 4.79 Å². The first kappa shape index (κ1) is 9.48. The lowest BCUT2D eigenvalue weighted by Gasteiger charge is -2.21. The van der Waals surface area contributed by atoms with E-state index in [0.29, 0.717) is 0 Å². The Kier molecular flexibility index (Phi) is 3.49. The molecule has 1 aliphatic heterocycles. The summed E-state index contributed by atoms with van der Waals surface area (Å²) in [6, 6.07) is -0.358. The van der Waals surface area contributed by atoms with Crippen LogP contribution in [0, 0.1) is 0 Å². The second-order valence-electron chi connectivity index (χ2n) is 3.22. The van der Waals surface area contributed by atoms with Crippen LogP contribution in [0.4, 0.5) is 0 Å². The highest BCUT2D eigenvalue weighted by atomic mass is 16.2. The molecular formula is C8H17N3O. The number of rotatable bonds is 1. The van der Waals surface area contributed by atoms with E-state index in [1.54, 1.807) is 6.92 Å². The maximum absolute atomic E-state index is 11.4. The topological polar surface area (TPSA) is 58.4 Å². The number of carbonyl (C=O) groups excluding carboxylic acids is 1. The summed E-state index contributed by atoms with van der Waals surface area (Å²) < 4.78 is 0. The minimum atomic E-state index is -0.358. The zero-order valence-electron chi connectivity index (χ0n) is 7.55. The molecule has 70 valence electrons. The Balaban J connectivity index is 2.43. The maximum atomic E-state index is 11.4. The summed E-state index contributed by atoms with van der Waals surface area (Å²) in [4.78, 5) is 13.3. The number of hydrogen-bond donors (Lipinski definition) is 2. The number of hydrogen-bond acceptors (Lipinski definition) is 3. The van der Waals surface area contributed by atoms with Gasteiger partial charge in [-0.25, -0.2) is 0 Å². The lowest BCUT2D eigenvalue weighted by atomic mass is 10.3. The van der Waals surface area contributed by atoms with Crippen LogP contribution in [0.15, 0.2) is 0 Å². The van der Waals surface area contributed by atoms with Crippen molar-refractivity contribution in [3.8, 4) is 0 Å². The van der Waals surface area contributed by atoms with Crippen LogP contribution >= 0.6 is 0 Å². The molecule has 0 spiro atoms. The zero-order valence-corrected chi connectivity index (χ0v) is 7.55. The first-order valence-corrected chi connectivity index (χ1v) is 4.47. The second kappa shape index (κ2) is 4.42. The molecule has 0 aromatic rings. The summed E-state index contributed by atoms with van der Waals surface area (Å²) in [5, 5.41) is 3.24. The van der Waals surface area contributed by atoms with Crippen molar-refractivity contribution in [1.82, 2.24) is 10.2 Å². The Bertz CT molecular complexity index is 150. The molecule has 1 heterocycles. The fraction of sp³-hybridized carbons (Fsp3) is 0.875. The lowest BCUT2D eigenvalue weighted by Crippen LogP contribution is -2.43. The smallest absolute Gasteiger partial charge is 0.239 e. The molecule has 0 radical (unpaired) electrons. The molecule has 12 heavy (non-hydrogen) atoms. The first-order chi connectivity index (χ1) is 5.72. The van der Waals surface area contributed by atoms with Crippen molar-refractivity contribution < 1.29 is 4.79 Å². The zero-order chi connectivity index (χ0) is 8.97. The van der Waals surface area contributed by atoms with E-state index in [1.165, 1.54) is 0 Å². The molecule has 4 nitrogen and oxygen atoms in total. The minimum absolute atomic E-state index is 0.0682. The van der Waals surface area contributed by atoms with Gasteiger partial charge in [0.25, 0.3) is 0 Å². The van der Waals surface area contributed by atoms with Gasteiger partial charge >= 0.3 is 0 Å². The Morgan fingerprint density at radius 3 is 2.92 bits per heavy atom. The van der Waals surface area contributed by atoms with Crippen molar-refractivity contribution in [2.24, 2.45) is 5.73 Å². The number of nitrogens with one attached hydrogen (secondary N) is 1. The van der Waals surface area contributed by atoms with E-state index in [4.69, 9.17) is 5.73 Å². The third-order valence-electron chi connectivity index (χ3n) is 2.04. The molecule has 1 fully saturated rings. The van der Waals surface area contributed by atoms with Gasteiger partial charge in [0.1, 0.15) is 0 Å². The quantitative estimate of drug-likeness (QED) is 0.540. The van der Waals surface area contributed by atoms with Gasteiger partial charge in [-0.1, -0.05) is 0 Å². The van der Waals surface area contributed by atoms with Gasteiger partial charge in [-0.05, 0) is 19.9 Å². The van der Waals surface area contributed by atoms with E-state index in [-0.39, 0.29) is 11.9 Å². The third kappa shape index (κ3) is 2.46. The molecule has 0 aliphatic carbocycles. The molecule has 3 N–H and O–H groups in total. The predicted molar refractivity (Wildman–Crippen MR) is 47.7 cm³/mol. The molecule has 1 saturated heterocycles. The highest BCUT2D eigenvalue weighted by Gasteiger charge is 2.17. The fourth-order valence-electron chi connectivity index (χ4n) is 1.35. The summed E-state index contributed by atoms with van der Waals surface area (Å²) in [5.74, 6) is 0.0682. The largest absolute Gasteiger partial charge is 0.340 e. The van der Waals surface area contributed by atoms with Gasteiger partial charge in [-0.2, -0.15) is 0 Å². The molecule has 1 amide bonds. The van der Waals surface area contributed by atoms with Gasteiger partial charge in [0.05, 0.1) is 6.04 Å². The van der Waals surface area contributed by atoms with Crippen molar-refractivity contribution in [2.45, 2.75) is 19.4 Å². The first-order valence-electron chi connectivity index (χ1n) is 4.47. The van der Waals surface area contributed by atoms with Crippen LogP contribution in [-0.2, 0) is 4.79 Å². The van der Waals surface area contributed by atoms with Crippen LogP contribution in [0.25, 0.3) is 0 Å². The Morgan fingerprint density at radius 2 is 2.25 bits per heavy atom. The molecule has 1 atom stereocenters. The van der Waals surface area contributed by atoms with E-state index in [2.05, 4.69) is 5.32 Å². The lowest BCUT2D eigenvalue weighted by molar-refractivity contribution is -0.131. The summed E-state index contributed by atoms with van der Waals surface area (Å²) in [5.41, 5.74) is 5.51. The Labute approximate surface area is 73.1 Å². The molecule has 0 saturated carbocycles. The molecule has 1 aliphatic rings. The van der Waals surface area contributed by atoms with Crippen molar-refractivity contribution in [3.63, 3.8) is 0 Å².